The third-order valence-electron chi connectivity index (χ3n) is 5.25. The van der Waals surface area contributed by atoms with E-state index in [1.54, 1.807) is 4.68 Å². The normalized spacial score (nSPS) is 30.1. The fourth-order valence-corrected chi connectivity index (χ4v) is 3.89. The molecule has 6 nitrogen and oxygen atoms in total. The molecule has 3 rings (SSSR count). The van der Waals surface area contributed by atoms with Crippen LogP contribution in [0.15, 0.2) is 12.4 Å². The lowest BCUT2D eigenvalue weighted by molar-refractivity contribution is -0.143. The smallest absolute Gasteiger partial charge is 0.307 e. The zero-order valence-corrected chi connectivity index (χ0v) is 13.3. The fraction of sp³-hybridized carbons (Fsp3) is 0.688. The molecule has 1 saturated carbocycles. The molecule has 1 unspecified atom stereocenters. The maximum absolute atomic E-state index is 12.9. The van der Waals surface area contributed by atoms with Crippen molar-refractivity contribution in [3.8, 4) is 0 Å². The van der Waals surface area contributed by atoms with E-state index in [9.17, 15) is 14.7 Å². The van der Waals surface area contributed by atoms with Crippen molar-refractivity contribution in [3.63, 3.8) is 0 Å². The van der Waals surface area contributed by atoms with Crippen molar-refractivity contribution in [1.82, 2.24) is 14.7 Å². The predicted molar refractivity (Wildman–Crippen MR) is 79.9 cm³/mol. The van der Waals surface area contributed by atoms with E-state index in [0.29, 0.717) is 6.54 Å². The van der Waals surface area contributed by atoms with Crippen molar-refractivity contribution in [2.24, 2.45) is 24.3 Å². The second kappa shape index (κ2) is 5.11. The standard InChI is InChI=1S/C16H23N3O3/c1-16(2)12(13(16)15(21)22)14(20)19-7-5-4-6-11(19)10-8-17-18(3)9-10/h8-9,11-13H,4-7H2,1-3H3,(H,21,22)/t11?,12-,13+/m0/s1. The van der Waals surface area contributed by atoms with E-state index in [2.05, 4.69) is 5.10 Å². The van der Waals surface area contributed by atoms with Crippen molar-refractivity contribution in [1.29, 1.82) is 0 Å². The summed E-state index contributed by atoms with van der Waals surface area (Å²) in [6.07, 6.45) is 6.74. The molecule has 0 radical (unpaired) electrons. The minimum atomic E-state index is -0.863. The maximum Gasteiger partial charge on any atom is 0.307 e. The van der Waals surface area contributed by atoms with E-state index in [4.69, 9.17) is 0 Å². The van der Waals surface area contributed by atoms with Gasteiger partial charge in [0.25, 0.3) is 0 Å². The number of carboxylic acids is 1. The van der Waals surface area contributed by atoms with E-state index in [1.807, 2.05) is 38.2 Å². The molecule has 1 amide bonds. The molecule has 1 aliphatic carbocycles. The molecule has 1 aromatic heterocycles. The Hall–Kier alpha value is -1.85. The van der Waals surface area contributed by atoms with Crippen molar-refractivity contribution < 1.29 is 14.7 Å². The summed E-state index contributed by atoms with van der Waals surface area (Å²) < 4.78 is 1.74. The van der Waals surface area contributed by atoms with Gasteiger partial charge in [0.05, 0.1) is 24.1 Å². The molecule has 0 aromatic carbocycles. The van der Waals surface area contributed by atoms with Crippen LogP contribution in [0, 0.1) is 17.3 Å². The third-order valence-corrected chi connectivity index (χ3v) is 5.25. The molecule has 2 fully saturated rings. The minimum absolute atomic E-state index is 0.00838. The van der Waals surface area contributed by atoms with Crippen LogP contribution in [-0.2, 0) is 16.6 Å². The maximum atomic E-state index is 12.9. The van der Waals surface area contributed by atoms with E-state index in [-0.39, 0.29) is 11.9 Å². The quantitative estimate of drug-likeness (QED) is 0.924. The molecule has 3 atom stereocenters. The van der Waals surface area contributed by atoms with Gasteiger partial charge in [-0.1, -0.05) is 13.8 Å². The van der Waals surface area contributed by atoms with Gasteiger partial charge in [0.15, 0.2) is 0 Å². The number of likely N-dealkylation sites (tertiary alicyclic amines) is 1. The lowest BCUT2D eigenvalue weighted by Gasteiger charge is -2.36. The van der Waals surface area contributed by atoms with Crippen LogP contribution in [0.3, 0.4) is 0 Å². The average molecular weight is 305 g/mol. The van der Waals surface area contributed by atoms with Crippen LogP contribution in [0.4, 0.5) is 0 Å². The summed E-state index contributed by atoms with van der Waals surface area (Å²) in [7, 11) is 1.86. The Labute approximate surface area is 130 Å². The molecule has 2 heterocycles. The molecular weight excluding hydrogens is 282 g/mol. The summed E-state index contributed by atoms with van der Waals surface area (Å²) in [5, 5.41) is 13.5. The van der Waals surface area contributed by atoms with Gasteiger partial charge >= 0.3 is 5.97 Å². The number of carboxylic acid groups (broad SMARTS) is 1. The topological polar surface area (TPSA) is 75.4 Å². The zero-order chi connectivity index (χ0) is 16.1. The lowest BCUT2D eigenvalue weighted by Crippen LogP contribution is -2.40. The lowest BCUT2D eigenvalue weighted by atomic mass is 9.96. The molecule has 22 heavy (non-hydrogen) atoms. The van der Waals surface area contributed by atoms with Gasteiger partial charge < -0.3 is 10.0 Å². The number of rotatable bonds is 3. The molecule has 120 valence electrons. The van der Waals surface area contributed by atoms with Gasteiger partial charge in [-0.25, -0.2) is 0 Å². The molecule has 0 bridgehead atoms. The van der Waals surface area contributed by atoms with Crippen LogP contribution in [0.5, 0.6) is 0 Å². The van der Waals surface area contributed by atoms with E-state index >= 15 is 0 Å². The first-order valence-electron chi connectivity index (χ1n) is 7.86. The average Bonchev–Trinajstić information content (AvgIpc) is 2.81. The predicted octanol–water partition coefficient (Wildman–Crippen LogP) is 1.83. The largest absolute Gasteiger partial charge is 0.481 e. The fourth-order valence-electron chi connectivity index (χ4n) is 3.89. The number of piperidine rings is 1. The van der Waals surface area contributed by atoms with Gasteiger partial charge in [-0.15, -0.1) is 0 Å². The Morgan fingerprint density at radius 3 is 2.59 bits per heavy atom. The first-order valence-corrected chi connectivity index (χ1v) is 7.86. The van der Waals surface area contributed by atoms with E-state index in [1.165, 1.54) is 0 Å². The number of carbonyl (C=O) groups excluding carboxylic acids is 1. The number of aromatic nitrogens is 2. The highest BCUT2D eigenvalue weighted by Crippen LogP contribution is 2.59. The van der Waals surface area contributed by atoms with Gasteiger partial charge in [-0.05, 0) is 24.7 Å². The van der Waals surface area contributed by atoms with Crippen molar-refractivity contribution in [3.05, 3.63) is 18.0 Å². The van der Waals surface area contributed by atoms with Crippen LogP contribution in [0.2, 0.25) is 0 Å². The minimum Gasteiger partial charge on any atom is -0.481 e. The number of nitrogens with zero attached hydrogens (tertiary/aromatic N) is 3. The number of aliphatic carboxylic acids is 1. The molecule has 1 saturated heterocycles. The first-order chi connectivity index (χ1) is 10.3. The highest BCUT2D eigenvalue weighted by Gasteiger charge is 2.67. The molecule has 0 spiro atoms. The summed E-state index contributed by atoms with van der Waals surface area (Å²) >= 11 is 0. The van der Waals surface area contributed by atoms with Gasteiger partial charge in [0.2, 0.25) is 5.91 Å². The van der Waals surface area contributed by atoms with Gasteiger partial charge in [0, 0.05) is 25.4 Å². The first kappa shape index (κ1) is 15.1. The van der Waals surface area contributed by atoms with Crippen LogP contribution < -0.4 is 0 Å². The van der Waals surface area contributed by atoms with Crippen LogP contribution in [0.25, 0.3) is 0 Å². The van der Waals surface area contributed by atoms with Crippen molar-refractivity contribution >= 4 is 11.9 Å². The second-order valence-corrected chi connectivity index (χ2v) is 7.11. The summed E-state index contributed by atoms with van der Waals surface area (Å²) in [5.41, 5.74) is 0.598. The molecule has 1 N–H and O–H groups in total. The Bertz CT molecular complexity index is 608. The highest BCUT2D eigenvalue weighted by atomic mass is 16.4. The Balaban J connectivity index is 1.82. The summed E-state index contributed by atoms with van der Waals surface area (Å²) in [6.45, 7) is 4.45. The SMILES string of the molecule is Cn1cc(C2CCCCN2C(=O)[C@@H]2[C@H](C(=O)O)C2(C)C)cn1. The van der Waals surface area contributed by atoms with Gasteiger partial charge in [-0.2, -0.15) is 5.10 Å². The summed E-state index contributed by atoms with van der Waals surface area (Å²) in [5.74, 6) is -1.83. The van der Waals surface area contributed by atoms with Crippen LogP contribution in [0.1, 0.15) is 44.7 Å². The molecule has 2 aliphatic rings. The summed E-state index contributed by atoms with van der Waals surface area (Å²) in [4.78, 5) is 26.1. The number of hydrogen-bond donors (Lipinski definition) is 1. The highest BCUT2D eigenvalue weighted by molar-refractivity contribution is 5.92. The Morgan fingerprint density at radius 2 is 2.05 bits per heavy atom. The second-order valence-electron chi connectivity index (χ2n) is 7.11. The summed E-state index contributed by atoms with van der Waals surface area (Å²) in [6, 6.07) is 0.0285. The van der Waals surface area contributed by atoms with Crippen LogP contribution >= 0.6 is 0 Å². The van der Waals surface area contributed by atoms with Crippen molar-refractivity contribution in [2.45, 2.75) is 39.2 Å². The Kier molecular flexibility index (Phi) is 3.50. The van der Waals surface area contributed by atoms with Gasteiger partial charge in [0.1, 0.15) is 0 Å². The molecule has 6 heteroatoms. The monoisotopic (exact) mass is 305 g/mol. The zero-order valence-electron chi connectivity index (χ0n) is 13.3. The number of carbonyl (C=O) groups is 2. The third kappa shape index (κ3) is 2.30. The molecular formula is C16H23N3O3. The number of hydrogen-bond acceptors (Lipinski definition) is 3. The molecule has 1 aliphatic heterocycles. The number of amides is 1. The number of aryl methyl sites for hydroxylation is 1. The Morgan fingerprint density at radius 1 is 1.32 bits per heavy atom. The van der Waals surface area contributed by atoms with E-state index in [0.717, 1.165) is 24.8 Å². The van der Waals surface area contributed by atoms with Crippen molar-refractivity contribution in [2.75, 3.05) is 6.54 Å². The molecule has 1 aromatic rings. The van der Waals surface area contributed by atoms with E-state index < -0.39 is 23.2 Å². The van der Waals surface area contributed by atoms with Gasteiger partial charge in [-0.3, -0.25) is 14.3 Å². The van der Waals surface area contributed by atoms with Crippen LogP contribution in [-0.4, -0.2) is 38.2 Å².